The van der Waals surface area contributed by atoms with E-state index in [0.29, 0.717) is 17.1 Å². The molecule has 21 heavy (non-hydrogen) atoms. The second-order valence-electron chi connectivity index (χ2n) is 4.92. The van der Waals surface area contributed by atoms with Crippen LogP contribution < -0.4 is 9.47 Å². The number of para-hydroxylation sites is 1. The van der Waals surface area contributed by atoms with Crippen LogP contribution in [0.4, 0.5) is 0 Å². The summed E-state index contributed by atoms with van der Waals surface area (Å²) in [6.45, 7) is 9.03. The van der Waals surface area contributed by atoms with E-state index in [4.69, 9.17) is 9.47 Å². The van der Waals surface area contributed by atoms with Gasteiger partial charge in [-0.25, -0.2) is 4.79 Å². The van der Waals surface area contributed by atoms with Crippen molar-refractivity contribution in [3.05, 3.63) is 65.7 Å². The molecule has 2 aromatic carbocycles. The molecule has 108 valence electrons. The molecule has 0 aliphatic carbocycles. The van der Waals surface area contributed by atoms with E-state index in [1.165, 1.54) is 0 Å². The first kappa shape index (κ1) is 14.9. The number of esters is 1. The molecule has 0 aromatic heterocycles. The van der Waals surface area contributed by atoms with Crippen molar-refractivity contribution in [3.63, 3.8) is 0 Å². The van der Waals surface area contributed by atoms with E-state index in [0.717, 1.165) is 16.9 Å². The summed E-state index contributed by atoms with van der Waals surface area (Å²) in [7, 11) is 0. The van der Waals surface area contributed by atoms with Crippen molar-refractivity contribution in [1.29, 1.82) is 0 Å². The van der Waals surface area contributed by atoms with Gasteiger partial charge in [0.15, 0.2) is 0 Å². The molecule has 3 nitrogen and oxygen atoms in total. The number of benzene rings is 2. The molecule has 0 radical (unpaired) electrons. The van der Waals surface area contributed by atoms with Crippen LogP contribution >= 0.6 is 0 Å². The maximum absolute atomic E-state index is 11.6. The lowest BCUT2D eigenvalue weighted by atomic mass is 10.2. The zero-order chi connectivity index (χ0) is 15.4. The third-order valence-electron chi connectivity index (χ3n) is 3.10. The fourth-order valence-corrected chi connectivity index (χ4v) is 1.79. The molecule has 0 amide bonds. The highest BCUT2D eigenvalue weighted by Crippen LogP contribution is 2.32. The summed E-state index contributed by atoms with van der Waals surface area (Å²) in [6, 6.07) is 13.1. The fraction of sp³-hybridized carbons (Fsp3) is 0.167. The Morgan fingerprint density at radius 3 is 2.24 bits per heavy atom. The van der Waals surface area contributed by atoms with Crippen LogP contribution in [0.5, 0.6) is 17.2 Å². The summed E-state index contributed by atoms with van der Waals surface area (Å²) in [4.78, 5) is 11.6. The number of carbonyl (C=O) groups excluding carboxylic acids is 1. The summed E-state index contributed by atoms with van der Waals surface area (Å²) in [5.74, 6) is 1.49. The summed E-state index contributed by atoms with van der Waals surface area (Å²) in [5, 5.41) is 0. The zero-order valence-electron chi connectivity index (χ0n) is 12.5. The Morgan fingerprint density at radius 1 is 0.952 bits per heavy atom. The molecule has 0 saturated heterocycles. The standard InChI is InChI=1S/C18H18O3/c1-12(2)18(19)21-17-11-7-10-16(14(17)4)20-15-9-6-5-8-13(15)3/h5-11H,1H2,2-4H3. The van der Waals surface area contributed by atoms with E-state index in [9.17, 15) is 4.79 Å². The second-order valence-corrected chi connectivity index (χ2v) is 4.92. The smallest absolute Gasteiger partial charge is 0.338 e. The lowest BCUT2D eigenvalue weighted by molar-refractivity contribution is -0.130. The Bertz CT molecular complexity index is 687. The average Bonchev–Trinajstić information content (AvgIpc) is 2.45. The molecule has 0 heterocycles. The van der Waals surface area contributed by atoms with Crippen molar-refractivity contribution in [3.8, 4) is 17.2 Å². The van der Waals surface area contributed by atoms with Gasteiger partial charge in [-0.15, -0.1) is 0 Å². The van der Waals surface area contributed by atoms with Gasteiger partial charge in [0, 0.05) is 11.1 Å². The molecule has 0 N–H and O–H groups in total. The van der Waals surface area contributed by atoms with Gasteiger partial charge in [0.25, 0.3) is 0 Å². The molecule has 0 spiro atoms. The normalized spacial score (nSPS) is 10.0. The lowest BCUT2D eigenvalue weighted by Gasteiger charge is -2.13. The van der Waals surface area contributed by atoms with Gasteiger partial charge in [-0.1, -0.05) is 30.8 Å². The molecule has 0 unspecified atom stereocenters. The van der Waals surface area contributed by atoms with E-state index in [1.807, 2.05) is 44.2 Å². The average molecular weight is 282 g/mol. The number of hydrogen-bond donors (Lipinski definition) is 0. The van der Waals surface area contributed by atoms with Crippen LogP contribution in [0.2, 0.25) is 0 Å². The minimum atomic E-state index is -0.439. The van der Waals surface area contributed by atoms with Crippen LogP contribution in [0.3, 0.4) is 0 Å². The Morgan fingerprint density at radius 2 is 1.57 bits per heavy atom. The van der Waals surface area contributed by atoms with E-state index in [1.54, 1.807) is 19.1 Å². The third-order valence-corrected chi connectivity index (χ3v) is 3.10. The largest absolute Gasteiger partial charge is 0.457 e. The molecular weight excluding hydrogens is 264 g/mol. The van der Waals surface area contributed by atoms with Gasteiger partial charge in [-0.05, 0) is 44.5 Å². The second kappa shape index (κ2) is 6.27. The van der Waals surface area contributed by atoms with Crippen molar-refractivity contribution >= 4 is 5.97 Å². The number of ether oxygens (including phenoxy) is 2. The predicted molar refractivity (Wildman–Crippen MR) is 82.9 cm³/mol. The topological polar surface area (TPSA) is 35.5 Å². The van der Waals surface area contributed by atoms with Crippen LogP contribution in [-0.4, -0.2) is 5.97 Å². The molecule has 0 aliphatic rings. The summed E-state index contributed by atoms with van der Waals surface area (Å²) >= 11 is 0. The van der Waals surface area contributed by atoms with Crippen molar-refractivity contribution in [2.45, 2.75) is 20.8 Å². The third kappa shape index (κ3) is 3.51. The first-order chi connectivity index (χ1) is 9.99. The number of hydrogen-bond acceptors (Lipinski definition) is 3. The van der Waals surface area contributed by atoms with Gasteiger partial charge in [0.05, 0.1) is 0 Å². The van der Waals surface area contributed by atoms with E-state index in [2.05, 4.69) is 6.58 Å². The minimum absolute atomic E-state index is 0.361. The monoisotopic (exact) mass is 282 g/mol. The van der Waals surface area contributed by atoms with Gasteiger partial charge >= 0.3 is 5.97 Å². The predicted octanol–water partition coefficient (Wildman–Crippen LogP) is 4.58. The SMILES string of the molecule is C=C(C)C(=O)Oc1cccc(Oc2ccccc2C)c1C. The molecule has 0 bridgehead atoms. The first-order valence-electron chi connectivity index (χ1n) is 6.70. The van der Waals surface area contributed by atoms with E-state index >= 15 is 0 Å². The number of rotatable bonds is 4. The molecule has 0 aliphatic heterocycles. The van der Waals surface area contributed by atoms with Crippen molar-refractivity contribution < 1.29 is 14.3 Å². The van der Waals surface area contributed by atoms with Crippen molar-refractivity contribution in [1.82, 2.24) is 0 Å². The first-order valence-corrected chi connectivity index (χ1v) is 6.70. The highest BCUT2D eigenvalue weighted by Gasteiger charge is 2.12. The van der Waals surface area contributed by atoms with Crippen LogP contribution in [0.1, 0.15) is 18.1 Å². The van der Waals surface area contributed by atoms with Gasteiger partial charge < -0.3 is 9.47 Å². The molecule has 0 atom stereocenters. The number of aryl methyl sites for hydroxylation is 1. The molecule has 0 fully saturated rings. The van der Waals surface area contributed by atoms with Gasteiger partial charge in [0.1, 0.15) is 17.2 Å². The van der Waals surface area contributed by atoms with Crippen molar-refractivity contribution in [2.75, 3.05) is 0 Å². The van der Waals surface area contributed by atoms with Crippen LogP contribution in [-0.2, 0) is 4.79 Å². The Labute approximate surface area is 124 Å². The zero-order valence-corrected chi connectivity index (χ0v) is 12.5. The van der Waals surface area contributed by atoms with Crippen LogP contribution in [0.15, 0.2) is 54.6 Å². The van der Waals surface area contributed by atoms with Gasteiger partial charge in [0.2, 0.25) is 0 Å². The van der Waals surface area contributed by atoms with Crippen LogP contribution in [0, 0.1) is 13.8 Å². The Balaban J connectivity index is 2.28. The molecule has 2 aromatic rings. The lowest BCUT2D eigenvalue weighted by Crippen LogP contribution is -2.09. The number of carbonyl (C=O) groups is 1. The molecule has 2 rings (SSSR count). The summed E-state index contributed by atoms with van der Waals surface area (Å²) in [6.07, 6.45) is 0. The van der Waals surface area contributed by atoms with E-state index in [-0.39, 0.29) is 0 Å². The minimum Gasteiger partial charge on any atom is -0.457 e. The maximum Gasteiger partial charge on any atom is 0.338 e. The maximum atomic E-state index is 11.6. The highest BCUT2D eigenvalue weighted by atomic mass is 16.5. The molecular formula is C18H18O3. The fourth-order valence-electron chi connectivity index (χ4n) is 1.79. The van der Waals surface area contributed by atoms with Gasteiger partial charge in [-0.3, -0.25) is 0 Å². The Hall–Kier alpha value is -2.55. The summed E-state index contributed by atoms with van der Waals surface area (Å²) in [5.41, 5.74) is 2.18. The molecule has 3 heteroatoms. The van der Waals surface area contributed by atoms with E-state index < -0.39 is 5.97 Å². The molecule has 0 saturated carbocycles. The van der Waals surface area contributed by atoms with Gasteiger partial charge in [-0.2, -0.15) is 0 Å². The van der Waals surface area contributed by atoms with Crippen molar-refractivity contribution in [2.24, 2.45) is 0 Å². The Kier molecular flexibility index (Phi) is 4.43. The quantitative estimate of drug-likeness (QED) is 0.468. The van der Waals surface area contributed by atoms with Crippen LogP contribution in [0.25, 0.3) is 0 Å². The highest BCUT2D eigenvalue weighted by molar-refractivity contribution is 5.89. The summed E-state index contributed by atoms with van der Waals surface area (Å²) < 4.78 is 11.2.